The van der Waals surface area contributed by atoms with Crippen molar-refractivity contribution in [3.05, 3.63) is 72.9 Å². The van der Waals surface area contributed by atoms with E-state index in [4.69, 9.17) is 0 Å². The molecule has 1 aromatic carbocycles. The molecule has 0 bridgehead atoms. The number of allylic oxidation sites excluding steroid dienone is 4. The van der Waals surface area contributed by atoms with Crippen LogP contribution in [0.3, 0.4) is 0 Å². The summed E-state index contributed by atoms with van der Waals surface area (Å²) in [5, 5.41) is 0. The van der Waals surface area contributed by atoms with E-state index < -0.39 is 0 Å². The van der Waals surface area contributed by atoms with E-state index in [1.807, 2.05) is 12.2 Å². The van der Waals surface area contributed by atoms with E-state index in [0.29, 0.717) is 0 Å². The second kappa shape index (κ2) is 7.47. The van der Waals surface area contributed by atoms with Gasteiger partial charge in [0.25, 0.3) is 0 Å². The van der Waals surface area contributed by atoms with Crippen LogP contribution in [0.25, 0.3) is 12.2 Å². The van der Waals surface area contributed by atoms with Gasteiger partial charge in [-0.1, -0.05) is 60.7 Å². The summed E-state index contributed by atoms with van der Waals surface area (Å²) in [7, 11) is 0. The minimum absolute atomic E-state index is 0.918. The molecule has 0 saturated heterocycles. The van der Waals surface area contributed by atoms with Crippen LogP contribution in [0.5, 0.6) is 0 Å². The lowest BCUT2D eigenvalue weighted by molar-refractivity contribution is 1.42. The van der Waals surface area contributed by atoms with Crippen molar-refractivity contribution in [1.82, 2.24) is 0 Å². The lowest BCUT2D eigenvalue weighted by Crippen LogP contribution is -1.74. The summed E-state index contributed by atoms with van der Waals surface area (Å²) in [6.45, 7) is 7.36. The molecule has 0 unspecified atom stereocenters. The molecule has 82 valence electrons. The molecule has 0 aliphatic rings. The summed E-state index contributed by atoms with van der Waals surface area (Å²) < 4.78 is 0. The monoisotopic (exact) mass is 210 g/mol. The number of hydrogen-bond acceptors (Lipinski definition) is 0. The Balaban J connectivity index is 2.60. The van der Waals surface area contributed by atoms with Gasteiger partial charge in [-0.05, 0) is 24.0 Å². The van der Waals surface area contributed by atoms with E-state index in [2.05, 4.69) is 61.7 Å². The summed E-state index contributed by atoms with van der Waals surface area (Å²) in [4.78, 5) is 0. The van der Waals surface area contributed by atoms with Crippen molar-refractivity contribution in [1.29, 1.82) is 0 Å². The lowest BCUT2D eigenvalue weighted by Gasteiger charge is -1.95. The zero-order valence-electron chi connectivity index (χ0n) is 9.60. The maximum atomic E-state index is 3.68. The maximum absolute atomic E-state index is 3.68. The predicted octanol–water partition coefficient (Wildman–Crippen LogP) is 4.87. The normalized spacial score (nSPS) is 11.0. The Labute approximate surface area is 98.3 Å². The van der Waals surface area contributed by atoms with E-state index in [1.54, 1.807) is 0 Å². The molecule has 1 rings (SSSR count). The maximum Gasteiger partial charge on any atom is -0.0169 e. The van der Waals surface area contributed by atoms with E-state index in [1.165, 1.54) is 11.1 Å². The minimum Gasteiger partial charge on any atom is -0.103 e. The van der Waals surface area contributed by atoms with Gasteiger partial charge in [-0.3, -0.25) is 0 Å². The van der Waals surface area contributed by atoms with Crippen molar-refractivity contribution in [2.75, 3.05) is 0 Å². The molecule has 0 spiro atoms. The summed E-state index contributed by atoms with van der Waals surface area (Å²) in [6, 6.07) is 8.47. The molecule has 0 radical (unpaired) electrons. The Morgan fingerprint density at radius 3 is 1.44 bits per heavy atom. The van der Waals surface area contributed by atoms with Gasteiger partial charge in [0.05, 0.1) is 0 Å². The van der Waals surface area contributed by atoms with Crippen LogP contribution in [-0.4, -0.2) is 0 Å². The van der Waals surface area contributed by atoms with Crippen LogP contribution < -0.4 is 0 Å². The van der Waals surface area contributed by atoms with Crippen molar-refractivity contribution in [3.63, 3.8) is 0 Å². The lowest BCUT2D eigenvalue weighted by atomic mass is 10.1. The van der Waals surface area contributed by atoms with E-state index >= 15 is 0 Å². The Bertz CT molecular complexity index is 338. The first kappa shape index (κ1) is 12.3. The van der Waals surface area contributed by atoms with Gasteiger partial charge in [0.1, 0.15) is 0 Å². The molecule has 0 heterocycles. The Kier molecular flexibility index (Phi) is 5.72. The Hall–Kier alpha value is -1.82. The number of rotatable bonds is 6. The topological polar surface area (TPSA) is 0 Å². The quantitative estimate of drug-likeness (QED) is 0.588. The summed E-state index contributed by atoms with van der Waals surface area (Å²) >= 11 is 0. The van der Waals surface area contributed by atoms with Gasteiger partial charge in [0.2, 0.25) is 0 Å². The fourth-order valence-corrected chi connectivity index (χ4v) is 1.32. The molecule has 0 saturated carbocycles. The van der Waals surface area contributed by atoms with Crippen molar-refractivity contribution in [2.24, 2.45) is 0 Å². The molecule has 1 aromatic rings. The predicted molar refractivity (Wildman–Crippen MR) is 74.1 cm³/mol. The fraction of sp³-hybridized carbons (Fsp3) is 0.125. The van der Waals surface area contributed by atoms with Crippen LogP contribution in [0, 0.1) is 0 Å². The van der Waals surface area contributed by atoms with E-state index in [0.717, 1.165) is 12.8 Å². The second-order valence-corrected chi connectivity index (χ2v) is 3.52. The molecule has 0 aliphatic heterocycles. The van der Waals surface area contributed by atoms with Crippen LogP contribution in [0.15, 0.2) is 61.7 Å². The zero-order valence-corrected chi connectivity index (χ0v) is 9.60. The van der Waals surface area contributed by atoms with Gasteiger partial charge in [0, 0.05) is 0 Å². The Morgan fingerprint density at radius 1 is 0.750 bits per heavy atom. The smallest absolute Gasteiger partial charge is 0.0169 e. The molecular formula is C16H18. The zero-order chi connectivity index (χ0) is 11.6. The summed E-state index contributed by atoms with van der Waals surface area (Å²) in [5.74, 6) is 0. The van der Waals surface area contributed by atoms with Gasteiger partial charge >= 0.3 is 0 Å². The van der Waals surface area contributed by atoms with Crippen molar-refractivity contribution < 1.29 is 0 Å². The third-order valence-electron chi connectivity index (χ3n) is 2.16. The fourth-order valence-electron chi connectivity index (χ4n) is 1.32. The first-order valence-corrected chi connectivity index (χ1v) is 5.51. The highest BCUT2D eigenvalue weighted by molar-refractivity contribution is 5.55. The average molecular weight is 210 g/mol. The highest BCUT2D eigenvalue weighted by Gasteiger charge is 1.87. The SMILES string of the molecule is C=CC/C=C/c1ccc(/C=C/CC=C)cc1. The third kappa shape index (κ3) is 4.61. The van der Waals surface area contributed by atoms with Crippen molar-refractivity contribution in [3.8, 4) is 0 Å². The van der Waals surface area contributed by atoms with Gasteiger partial charge in [-0.2, -0.15) is 0 Å². The summed E-state index contributed by atoms with van der Waals surface area (Å²) in [5.41, 5.74) is 2.45. The molecule has 16 heavy (non-hydrogen) atoms. The van der Waals surface area contributed by atoms with E-state index in [9.17, 15) is 0 Å². The summed E-state index contributed by atoms with van der Waals surface area (Å²) in [6.07, 6.45) is 14.1. The highest BCUT2D eigenvalue weighted by Crippen LogP contribution is 2.08. The molecular weight excluding hydrogens is 192 g/mol. The molecule has 0 heteroatoms. The second-order valence-electron chi connectivity index (χ2n) is 3.52. The van der Waals surface area contributed by atoms with Crippen LogP contribution >= 0.6 is 0 Å². The number of benzene rings is 1. The average Bonchev–Trinajstić information content (AvgIpc) is 2.32. The number of hydrogen-bond donors (Lipinski definition) is 0. The highest BCUT2D eigenvalue weighted by atomic mass is 13.9. The van der Waals surface area contributed by atoms with Crippen LogP contribution in [0.1, 0.15) is 24.0 Å². The molecule has 0 atom stereocenters. The van der Waals surface area contributed by atoms with Crippen LogP contribution in [0.4, 0.5) is 0 Å². The molecule has 0 amide bonds. The van der Waals surface area contributed by atoms with Crippen molar-refractivity contribution in [2.45, 2.75) is 12.8 Å². The molecule has 0 aromatic heterocycles. The first-order chi connectivity index (χ1) is 7.86. The largest absolute Gasteiger partial charge is 0.103 e. The van der Waals surface area contributed by atoms with Crippen molar-refractivity contribution >= 4 is 12.2 Å². The van der Waals surface area contributed by atoms with Crippen LogP contribution in [0.2, 0.25) is 0 Å². The molecule has 0 nitrogen and oxygen atoms in total. The van der Waals surface area contributed by atoms with Gasteiger partial charge < -0.3 is 0 Å². The van der Waals surface area contributed by atoms with Crippen LogP contribution in [-0.2, 0) is 0 Å². The molecule has 0 N–H and O–H groups in total. The minimum atomic E-state index is 0.918. The molecule has 0 fully saturated rings. The third-order valence-corrected chi connectivity index (χ3v) is 2.16. The molecule has 0 aliphatic carbocycles. The van der Waals surface area contributed by atoms with Gasteiger partial charge in [-0.25, -0.2) is 0 Å². The Morgan fingerprint density at radius 2 is 1.12 bits per heavy atom. The van der Waals surface area contributed by atoms with Gasteiger partial charge in [0.15, 0.2) is 0 Å². The van der Waals surface area contributed by atoms with E-state index in [-0.39, 0.29) is 0 Å². The first-order valence-electron chi connectivity index (χ1n) is 5.51. The standard InChI is InChI=1S/C16H18/c1-3-5-7-9-15-11-13-16(14-12-15)10-8-6-4-2/h3-4,7-14H,1-2,5-6H2/b9-7+,10-8+. The van der Waals surface area contributed by atoms with Gasteiger partial charge in [-0.15, -0.1) is 13.2 Å².